The van der Waals surface area contributed by atoms with Crippen LogP contribution in [0.2, 0.25) is 0 Å². The number of nitrogens with zero attached hydrogens (tertiary/aromatic N) is 2. The Morgan fingerprint density at radius 2 is 1.76 bits per heavy atom. The molecule has 114 valence electrons. The van der Waals surface area contributed by atoms with Crippen molar-refractivity contribution in [1.82, 2.24) is 4.98 Å². The fourth-order valence-corrected chi connectivity index (χ4v) is 2.31. The molecule has 0 saturated heterocycles. The largest absolute Gasteiger partial charge is 0.383 e. The van der Waals surface area contributed by atoms with Crippen LogP contribution < -0.4 is 10.6 Å². The molecule has 0 atom stereocenters. The minimum atomic E-state index is 0.431. The summed E-state index contributed by atoms with van der Waals surface area (Å²) in [4.78, 5) is 6.90. The molecule has 0 saturated carbocycles. The first kappa shape index (κ1) is 15.7. The maximum atomic E-state index is 5.78. The van der Waals surface area contributed by atoms with Crippen LogP contribution in [0.1, 0.15) is 5.69 Å². The van der Waals surface area contributed by atoms with Gasteiger partial charge in [-0.2, -0.15) is 0 Å². The maximum Gasteiger partial charge on any atom is 0.136 e. The standard InChI is InChI=1S/C16H23N3O2/c1-20-9-7-19(8-10-21-2)16-15-6-4-3-5-13(15)11-14(12-17)18-16/h3-6,11H,7-10,12,17H2,1-2H3. The van der Waals surface area contributed by atoms with Gasteiger partial charge in [-0.1, -0.05) is 24.3 Å². The first-order chi connectivity index (χ1) is 10.3. The molecule has 0 fully saturated rings. The number of hydrogen-bond donors (Lipinski definition) is 1. The van der Waals surface area contributed by atoms with Crippen molar-refractivity contribution >= 4 is 16.6 Å². The number of methoxy groups -OCH3 is 2. The zero-order valence-corrected chi connectivity index (χ0v) is 12.7. The highest BCUT2D eigenvalue weighted by atomic mass is 16.5. The maximum absolute atomic E-state index is 5.78. The summed E-state index contributed by atoms with van der Waals surface area (Å²) in [5.74, 6) is 0.947. The lowest BCUT2D eigenvalue weighted by Gasteiger charge is -2.25. The van der Waals surface area contributed by atoms with Gasteiger partial charge >= 0.3 is 0 Å². The van der Waals surface area contributed by atoms with Gasteiger partial charge in [-0.05, 0) is 11.5 Å². The predicted octanol–water partition coefficient (Wildman–Crippen LogP) is 1.79. The molecule has 0 amide bonds. The second-order valence-electron chi connectivity index (χ2n) is 4.84. The van der Waals surface area contributed by atoms with E-state index in [1.807, 2.05) is 18.2 Å². The van der Waals surface area contributed by atoms with E-state index in [9.17, 15) is 0 Å². The third-order valence-corrected chi connectivity index (χ3v) is 3.41. The highest BCUT2D eigenvalue weighted by Crippen LogP contribution is 2.25. The predicted molar refractivity (Wildman–Crippen MR) is 85.6 cm³/mol. The van der Waals surface area contributed by atoms with E-state index in [0.29, 0.717) is 19.8 Å². The third kappa shape index (κ3) is 3.91. The van der Waals surface area contributed by atoms with E-state index in [2.05, 4.69) is 17.0 Å². The first-order valence-corrected chi connectivity index (χ1v) is 7.11. The highest BCUT2D eigenvalue weighted by molar-refractivity contribution is 5.92. The molecule has 0 aliphatic heterocycles. The highest BCUT2D eigenvalue weighted by Gasteiger charge is 2.13. The van der Waals surface area contributed by atoms with Crippen LogP contribution in [-0.4, -0.2) is 45.5 Å². The Hall–Kier alpha value is -1.69. The van der Waals surface area contributed by atoms with Gasteiger partial charge in [0, 0.05) is 39.2 Å². The van der Waals surface area contributed by atoms with Crippen molar-refractivity contribution < 1.29 is 9.47 Å². The van der Waals surface area contributed by atoms with Crippen LogP contribution in [0, 0.1) is 0 Å². The van der Waals surface area contributed by atoms with E-state index in [1.54, 1.807) is 14.2 Å². The van der Waals surface area contributed by atoms with Crippen molar-refractivity contribution in [2.75, 3.05) is 45.4 Å². The SMILES string of the molecule is COCCN(CCOC)c1nc(CN)cc2ccccc12. The number of rotatable bonds is 8. The molecule has 1 aromatic heterocycles. The molecule has 0 spiro atoms. The number of aromatic nitrogens is 1. The minimum Gasteiger partial charge on any atom is -0.383 e. The van der Waals surface area contributed by atoms with E-state index in [-0.39, 0.29) is 0 Å². The smallest absolute Gasteiger partial charge is 0.136 e. The second kappa shape index (κ2) is 7.93. The lowest BCUT2D eigenvalue weighted by atomic mass is 10.1. The minimum absolute atomic E-state index is 0.431. The number of benzene rings is 1. The summed E-state index contributed by atoms with van der Waals surface area (Å²) >= 11 is 0. The summed E-state index contributed by atoms with van der Waals surface area (Å²) in [6, 6.07) is 10.3. The number of anilines is 1. The Balaban J connectivity index is 2.43. The summed E-state index contributed by atoms with van der Waals surface area (Å²) in [7, 11) is 3.41. The average molecular weight is 289 g/mol. The molecule has 0 aliphatic rings. The monoisotopic (exact) mass is 289 g/mol. The number of nitrogens with two attached hydrogens (primary N) is 1. The first-order valence-electron chi connectivity index (χ1n) is 7.11. The van der Waals surface area contributed by atoms with Gasteiger partial charge in [-0.25, -0.2) is 4.98 Å². The number of pyridine rings is 1. The molecule has 0 bridgehead atoms. The van der Waals surface area contributed by atoms with Gasteiger partial charge in [0.1, 0.15) is 5.82 Å². The van der Waals surface area contributed by atoms with Crippen molar-refractivity contribution in [1.29, 1.82) is 0 Å². The fourth-order valence-electron chi connectivity index (χ4n) is 2.31. The lowest BCUT2D eigenvalue weighted by Crippen LogP contribution is -2.31. The number of hydrogen-bond acceptors (Lipinski definition) is 5. The Labute approximate surface area is 125 Å². The molecule has 0 aliphatic carbocycles. The molecule has 1 heterocycles. The van der Waals surface area contributed by atoms with Crippen LogP contribution in [-0.2, 0) is 16.0 Å². The Kier molecular flexibility index (Phi) is 5.92. The van der Waals surface area contributed by atoms with Gasteiger partial charge in [-0.15, -0.1) is 0 Å². The molecular weight excluding hydrogens is 266 g/mol. The van der Waals surface area contributed by atoms with Crippen molar-refractivity contribution in [3.8, 4) is 0 Å². The van der Waals surface area contributed by atoms with Gasteiger partial charge < -0.3 is 20.1 Å². The molecule has 21 heavy (non-hydrogen) atoms. The van der Waals surface area contributed by atoms with E-state index in [4.69, 9.17) is 20.2 Å². The van der Waals surface area contributed by atoms with Gasteiger partial charge in [0.25, 0.3) is 0 Å². The Morgan fingerprint density at radius 1 is 1.10 bits per heavy atom. The van der Waals surface area contributed by atoms with Crippen molar-refractivity contribution in [3.63, 3.8) is 0 Å². The van der Waals surface area contributed by atoms with E-state index in [1.165, 1.54) is 0 Å². The van der Waals surface area contributed by atoms with Crippen LogP contribution in [0.3, 0.4) is 0 Å². The van der Waals surface area contributed by atoms with Crippen LogP contribution >= 0.6 is 0 Å². The molecule has 2 aromatic rings. The quantitative estimate of drug-likeness (QED) is 0.803. The molecule has 2 N–H and O–H groups in total. The molecule has 2 rings (SSSR count). The number of fused-ring (bicyclic) bond motifs is 1. The molecule has 0 radical (unpaired) electrons. The van der Waals surface area contributed by atoms with Crippen molar-refractivity contribution in [3.05, 3.63) is 36.0 Å². The van der Waals surface area contributed by atoms with E-state index < -0.39 is 0 Å². The molecular formula is C16H23N3O2. The van der Waals surface area contributed by atoms with Gasteiger partial charge in [0.2, 0.25) is 0 Å². The van der Waals surface area contributed by atoms with Crippen LogP contribution in [0.15, 0.2) is 30.3 Å². The van der Waals surface area contributed by atoms with Crippen molar-refractivity contribution in [2.45, 2.75) is 6.54 Å². The van der Waals surface area contributed by atoms with Crippen LogP contribution in [0.4, 0.5) is 5.82 Å². The summed E-state index contributed by atoms with van der Waals surface area (Å²) < 4.78 is 10.4. The van der Waals surface area contributed by atoms with E-state index >= 15 is 0 Å². The topological polar surface area (TPSA) is 60.6 Å². The third-order valence-electron chi connectivity index (χ3n) is 3.41. The summed E-state index contributed by atoms with van der Waals surface area (Å²) in [6.45, 7) is 3.26. The molecule has 1 aromatic carbocycles. The normalized spacial score (nSPS) is 11.0. The summed E-state index contributed by atoms with van der Waals surface area (Å²) in [5.41, 5.74) is 6.67. The number of ether oxygens (including phenoxy) is 2. The Morgan fingerprint density at radius 3 is 2.38 bits per heavy atom. The molecule has 5 heteroatoms. The summed E-state index contributed by atoms with van der Waals surface area (Å²) in [6.07, 6.45) is 0. The zero-order valence-electron chi connectivity index (χ0n) is 12.7. The van der Waals surface area contributed by atoms with Crippen LogP contribution in [0.5, 0.6) is 0 Å². The van der Waals surface area contributed by atoms with Crippen molar-refractivity contribution in [2.24, 2.45) is 5.73 Å². The molecule has 5 nitrogen and oxygen atoms in total. The Bertz CT molecular complexity index is 566. The fraction of sp³-hybridized carbons (Fsp3) is 0.438. The van der Waals surface area contributed by atoms with E-state index in [0.717, 1.165) is 35.4 Å². The van der Waals surface area contributed by atoms with Gasteiger partial charge in [0.05, 0.1) is 18.9 Å². The van der Waals surface area contributed by atoms with Gasteiger partial charge in [-0.3, -0.25) is 0 Å². The summed E-state index contributed by atoms with van der Waals surface area (Å²) in [5, 5.41) is 2.28. The van der Waals surface area contributed by atoms with Crippen LogP contribution in [0.25, 0.3) is 10.8 Å². The molecule has 0 unspecified atom stereocenters. The average Bonchev–Trinajstić information content (AvgIpc) is 2.54. The second-order valence-corrected chi connectivity index (χ2v) is 4.84. The zero-order chi connectivity index (χ0) is 15.1. The lowest BCUT2D eigenvalue weighted by molar-refractivity contribution is 0.190. The van der Waals surface area contributed by atoms with Gasteiger partial charge in [0.15, 0.2) is 0 Å².